The summed E-state index contributed by atoms with van der Waals surface area (Å²) < 4.78 is 22.3. The Hall–Kier alpha value is -0.390. The maximum absolute atomic E-state index is 10.3. The second kappa shape index (κ2) is 9.18. The Morgan fingerprint density at radius 3 is 1.64 bits per heavy atom. The Bertz CT molecular complexity index is 208. The van der Waals surface area contributed by atoms with Gasteiger partial charge < -0.3 is 20.0 Å². The van der Waals surface area contributed by atoms with Crippen LogP contribution in [0.25, 0.3) is 0 Å². The molecule has 2 amide bonds. The van der Waals surface area contributed by atoms with Gasteiger partial charge in [-0.2, -0.15) is 0 Å². The van der Waals surface area contributed by atoms with Gasteiger partial charge in [0.25, 0.3) is 0 Å². The van der Waals surface area contributed by atoms with Crippen LogP contribution in [0.1, 0.15) is 0 Å². The summed E-state index contributed by atoms with van der Waals surface area (Å²) in [5, 5.41) is 2.45. The first-order valence-electron chi connectivity index (χ1n) is 3.34. The molecule has 0 aliphatic heterocycles. The van der Waals surface area contributed by atoms with E-state index in [2.05, 4.69) is 9.63 Å². The molecule has 8 nitrogen and oxygen atoms in total. The first kappa shape index (κ1) is 16.1. The molecule has 0 aromatic rings. The number of carbonyl (C=O) groups excluding carboxylic acids is 1. The molecule has 2 unspecified atom stereocenters. The molecule has 0 bridgehead atoms. The van der Waals surface area contributed by atoms with Crippen molar-refractivity contribution in [2.45, 2.75) is 0 Å². The van der Waals surface area contributed by atoms with Gasteiger partial charge >= 0.3 is 22.5 Å². The number of carbonyl (C=O) groups is 1. The number of urea groups is 1. The highest BCUT2D eigenvalue weighted by Crippen LogP contribution is 2.30. The average molecular weight is 248 g/mol. The van der Waals surface area contributed by atoms with Crippen LogP contribution in [0.5, 0.6) is 0 Å². The van der Waals surface area contributed by atoms with E-state index >= 15 is 0 Å². The number of hydrogen-bond donors (Lipinski definition) is 3. The molecular weight excluding hydrogens is 234 g/mol. The third kappa shape index (κ3) is 14.2. The van der Waals surface area contributed by atoms with Crippen LogP contribution in [0.15, 0.2) is 0 Å². The highest BCUT2D eigenvalue weighted by atomic mass is 31.2. The van der Waals surface area contributed by atoms with Crippen molar-refractivity contribution >= 4 is 22.5 Å². The summed E-state index contributed by atoms with van der Waals surface area (Å²) in [4.78, 5) is 27.2. The van der Waals surface area contributed by atoms with Crippen molar-refractivity contribution in [2.24, 2.45) is 0 Å². The van der Waals surface area contributed by atoms with E-state index in [0.717, 1.165) is 0 Å². The zero-order chi connectivity index (χ0) is 11.7. The molecule has 3 N–H and O–H groups in total. The zero-order valence-corrected chi connectivity index (χ0v) is 9.97. The van der Waals surface area contributed by atoms with Gasteiger partial charge in [0.1, 0.15) is 0 Å². The van der Waals surface area contributed by atoms with Crippen molar-refractivity contribution in [3.8, 4) is 0 Å². The van der Waals surface area contributed by atoms with Gasteiger partial charge in [-0.25, -0.2) is 9.11 Å². The van der Waals surface area contributed by atoms with E-state index in [1.807, 2.05) is 0 Å². The lowest BCUT2D eigenvalue weighted by Gasteiger charge is -2.06. The Kier molecular flexibility index (Phi) is 10.5. The van der Waals surface area contributed by atoms with Crippen molar-refractivity contribution < 1.29 is 28.0 Å². The Labute approximate surface area is 82.8 Å². The van der Waals surface area contributed by atoms with E-state index in [0.29, 0.717) is 0 Å². The quantitative estimate of drug-likeness (QED) is 0.575. The van der Waals surface area contributed by atoms with Crippen LogP contribution in [0.2, 0.25) is 0 Å². The van der Waals surface area contributed by atoms with Crippen LogP contribution in [0, 0.1) is 0 Å². The average Bonchev–Trinajstić information content (AvgIpc) is 2.01. The van der Waals surface area contributed by atoms with Gasteiger partial charge in [-0.1, -0.05) is 0 Å². The molecule has 0 heterocycles. The largest absolute Gasteiger partial charge is 0.341 e. The molecule has 0 aliphatic rings. The van der Waals surface area contributed by atoms with Crippen LogP contribution in [0.4, 0.5) is 4.79 Å². The minimum Gasteiger partial charge on any atom is -0.341 e. The number of rotatable bonds is 2. The van der Waals surface area contributed by atoms with Gasteiger partial charge in [-0.05, 0) is 0 Å². The van der Waals surface area contributed by atoms with Crippen molar-refractivity contribution in [2.75, 3.05) is 21.1 Å². The van der Waals surface area contributed by atoms with Crippen LogP contribution in [0.3, 0.4) is 0 Å². The molecule has 0 aromatic carbocycles. The third-order valence-electron chi connectivity index (χ3n) is 0.795. The predicted molar refractivity (Wildman–Crippen MR) is 51.7 cm³/mol. The summed E-state index contributed by atoms with van der Waals surface area (Å²) in [5.41, 5.74) is 0. The molecule has 0 rings (SSSR count). The van der Waals surface area contributed by atoms with Crippen LogP contribution >= 0.6 is 16.5 Å². The van der Waals surface area contributed by atoms with Crippen LogP contribution in [-0.2, 0) is 13.4 Å². The molecule has 0 spiro atoms. The van der Waals surface area contributed by atoms with Crippen molar-refractivity contribution in [1.82, 2.24) is 10.2 Å². The highest BCUT2D eigenvalue weighted by molar-refractivity contribution is 7.46. The van der Waals surface area contributed by atoms with E-state index in [-0.39, 0.29) is 6.03 Å². The van der Waals surface area contributed by atoms with E-state index in [1.54, 1.807) is 21.1 Å². The molecule has 0 aliphatic carbocycles. The molecule has 0 saturated carbocycles. The van der Waals surface area contributed by atoms with E-state index in [4.69, 9.17) is 9.79 Å². The highest BCUT2D eigenvalue weighted by Gasteiger charge is 1.94. The lowest BCUT2D eigenvalue weighted by atomic mass is 10.8. The standard InChI is InChI=1S/C4H10N2O.H4O5P2/c1-5-4(7)6(2)3;1-6(2)5-7(3)4/h1-3H3,(H,5,7);6-7H,(H,1,2)(H,3,4). The monoisotopic (exact) mass is 248 g/mol. The topological polar surface area (TPSA) is 116 Å². The molecule has 10 heteroatoms. The van der Waals surface area contributed by atoms with Gasteiger partial charge in [0.05, 0.1) is 0 Å². The predicted octanol–water partition coefficient (Wildman–Crippen LogP) is -0.346. The third-order valence-corrected chi connectivity index (χ3v) is 2.19. The van der Waals surface area contributed by atoms with Gasteiger partial charge in [0.2, 0.25) is 0 Å². The zero-order valence-electron chi connectivity index (χ0n) is 7.97. The van der Waals surface area contributed by atoms with Crippen LogP contribution in [-0.4, -0.2) is 41.9 Å². The summed E-state index contributed by atoms with van der Waals surface area (Å²) in [6.45, 7) is 0. The summed E-state index contributed by atoms with van der Waals surface area (Å²) in [6.07, 6.45) is 0. The number of nitrogens with one attached hydrogen (secondary N) is 1. The molecule has 0 aromatic heterocycles. The second-order valence-electron chi connectivity index (χ2n) is 2.08. The number of amides is 2. The number of hydrogen-bond acceptors (Lipinski definition) is 4. The fraction of sp³-hybridized carbons (Fsp3) is 0.750. The lowest BCUT2D eigenvalue weighted by Crippen LogP contribution is -2.31. The fourth-order valence-corrected chi connectivity index (χ4v) is 0.896. The molecule has 0 radical (unpaired) electrons. The number of nitrogens with zero attached hydrogens (tertiary/aromatic N) is 1. The Balaban J connectivity index is 0. The molecule has 86 valence electrons. The van der Waals surface area contributed by atoms with E-state index in [1.165, 1.54) is 4.90 Å². The Morgan fingerprint density at radius 2 is 1.64 bits per heavy atom. The smallest absolute Gasteiger partial charge is 0.323 e. The van der Waals surface area contributed by atoms with E-state index < -0.39 is 16.5 Å². The fourth-order valence-electron chi connectivity index (χ4n) is 0.298. The molecule has 0 fully saturated rings. The van der Waals surface area contributed by atoms with Gasteiger partial charge in [0.15, 0.2) is 0 Å². The van der Waals surface area contributed by atoms with Gasteiger partial charge in [0, 0.05) is 21.1 Å². The lowest BCUT2D eigenvalue weighted by molar-refractivity contribution is 0.219. The van der Waals surface area contributed by atoms with Gasteiger partial charge in [-0.3, -0.25) is 9.13 Å². The SMILES string of the molecule is CNC(=O)N(C)C.O=[PH](O)O[PH](=O)O. The summed E-state index contributed by atoms with van der Waals surface area (Å²) in [6, 6.07) is -0.0694. The minimum atomic E-state index is -3.20. The van der Waals surface area contributed by atoms with E-state index in [9.17, 15) is 13.9 Å². The Morgan fingerprint density at radius 1 is 1.29 bits per heavy atom. The van der Waals surface area contributed by atoms with Crippen molar-refractivity contribution in [3.63, 3.8) is 0 Å². The summed E-state index contributed by atoms with van der Waals surface area (Å²) in [7, 11) is -1.42. The van der Waals surface area contributed by atoms with Crippen LogP contribution < -0.4 is 5.32 Å². The maximum atomic E-state index is 10.3. The minimum absolute atomic E-state index is 0.0694. The molecule has 0 saturated heterocycles. The normalized spacial score (nSPS) is 13.2. The van der Waals surface area contributed by atoms with Gasteiger partial charge in [-0.15, -0.1) is 0 Å². The first-order chi connectivity index (χ1) is 6.31. The first-order valence-corrected chi connectivity index (χ1v) is 5.86. The van der Waals surface area contributed by atoms with Crippen molar-refractivity contribution in [3.05, 3.63) is 0 Å². The molecular formula is C4H14N2O6P2. The molecule has 2 atom stereocenters. The van der Waals surface area contributed by atoms with Crippen molar-refractivity contribution in [1.29, 1.82) is 0 Å². The maximum Gasteiger partial charge on any atom is 0.323 e. The summed E-state index contributed by atoms with van der Waals surface area (Å²) in [5.74, 6) is 0. The summed E-state index contributed by atoms with van der Waals surface area (Å²) >= 11 is 0. The second-order valence-corrected chi connectivity index (χ2v) is 3.96. The molecule has 14 heavy (non-hydrogen) atoms.